The van der Waals surface area contributed by atoms with Crippen molar-refractivity contribution in [3.05, 3.63) is 66.4 Å². The summed E-state index contributed by atoms with van der Waals surface area (Å²) in [5, 5.41) is 7.70. The summed E-state index contributed by atoms with van der Waals surface area (Å²) in [5.74, 6) is 2.34. The van der Waals surface area contributed by atoms with Crippen LogP contribution in [-0.2, 0) is 6.54 Å². The summed E-state index contributed by atoms with van der Waals surface area (Å²) < 4.78 is 10.8. The fourth-order valence-electron chi connectivity index (χ4n) is 2.72. The Balaban J connectivity index is 0.00000280. The average molecular weight is 492 g/mol. The molecule has 0 amide bonds. The number of fused-ring (bicyclic) bond motifs is 1. The summed E-state index contributed by atoms with van der Waals surface area (Å²) in [4.78, 5) is 8.73. The predicted molar refractivity (Wildman–Crippen MR) is 124 cm³/mol. The molecule has 6 nitrogen and oxygen atoms in total. The number of halogens is 1. The van der Waals surface area contributed by atoms with Crippen molar-refractivity contribution in [2.24, 2.45) is 4.99 Å². The molecule has 7 heteroatoms. The first-order valence-corrected chi connectivity index (χ1v) is 8.84. The molecule has 2 aromatic carbocycles. The number of aromatic nitrogens is 1. The first-order valence-electron chi connectivity index (χ1n) is 8.84. The van der Waals surface area contributed by atoms with Gasteiger partial charge in [0.2, 0.25) is 0 Å². The first kappa shape index (κ1) is 21.7. The highest BCUT2D eigenvalue weighted by Gasteiger charge is 2.03. The fraction of sp³-hybridized carbons (Fsp3) is 0.238. The lowest BCUT2D eigenvalue weighted by Gasteiger charge is -2.13. The number of guanidine groups is 1. The molecule has 0 radical (unpaired) electrons. The third-order valence-electron chi connectivity index (χ3n) is 4.11. The third kappa shape index (κ3) is 5.98. The Labute approximate surface area is 182 Å². The number of aliphatic imine (C=N–C) groups is 1. The SMILES string of the molecule is CN=C(NCCOc1ccc(OC)cc1)NCc1cccc2cccnc12.I. The molecule has 0 spiro atoms. The molecule has 0 aliphatic heterocycles. The minimum Gasteiger partial charge on any atom is -0.497 e. The molecule has 3 aromatic rings. The molecule has 1 heterocycles. The van der Waals surface area contributed by atoms with Crippen molar-refractivity contribution >= 4 is 40.8 Å². The van der Waals surface area contributed by atoms with Gasteiger partial charge < -0.3 is 20.1 Å². The fourth-order valence-corrected chi connectivity index (χ4v) is 2.72. The van der Waals surface area contributed by atoms with Crippen LogP contribution < -0.4 is 20.1 Å². The molecule has 0 atom stereocenters. The second kappa shape index (κ2) is 11.3. The second-order valence-corrected chi connectivity index (χ2v) is 5.87. The number of ether oxygens (including phenoxy) is 2. The van der Waals surface area contributed by atoms with Crippen molar-refractivity contribution in [2.45, 2.75) is 6.54 Å². The lowest BCUT2D eigenvalue weighted by atomic mass is 10.1. The van der Waals surface area contributed by atoms with Crippen molar-refractivity contribution in [1.82, 2.24) is 15.6 Å². The van der Waals surface area contributed by atoms with Gasteiger partial charge in [0.25, 0.3) is 0 Å². The van der Waals surface area contributed by atoms with Crippen molar-refractivity contribution in [2.75, 3.05) is 27.3 Å². The minimum absolute atomic E-state index is 0. The van der Waals surface area contributed by atoms with Gasteiger partial charge in [-0.25, -0.2) is 0 Å². The molecular formula is C21H25IN4O2. The molecule has 148 valence electrons. The number of benzene rings is 2. The molecule has 0 aliphatic carbocycles. The number of nitrogens with one attached hydrogen (secondary N) is 2. The van der Waals surface area contributed by atoms with E-state index in [9.17, 15) is 0 Å². The van der Waals surface area contributed by atoms with Gasteiger partial charge in [0.1, 0.15) is 18.1 Å². The largest absolute Gasteiger partial charge is 0.497 e. The van der Waals surface area contributed by atoms with Crippen LogP contribution in [0.4, 0.5) is 0 Å². The standard InChI is InChI=1S/C21H24N4O2.HI/c1-22-21(24-13-14-27-19-10-8-18(26-2)9-11-19)25-15-17-6-3-5-16-7-4-12-23-20(16)17;/h3-12H,13-15H2,1-2H3,(H2,22,24,25);1H. The number of hydrogen-bond donors (Lipinski definition) is 2. The maximum absolute atomic E-state index is 5.71. The lowest BCUT2D eigenvalue weighted by Crippen LogP contribution is -2.38. The van der Waals surface area contributed by atoms with Gasteiger partial charge in [0.05, 0.1) is 19.2 Å². The lowest BCUT2D eigenvalue weighted by molar-refractivity contribution is 0.321. The molecule has 1 aromatic heterocycles. The van der Waals surface area contributed by atoms with E-state index in [2.05, 4.69) is 38.8 Å². The predicted octanol–water partition coefficient (Wildman–Crippen LogP) is 3.61. The van der Waals surface area contributed by atoms with Gasteiger partial charge in [0, 0.05) is 25.2 Å². The quantitative estimate of drug-likeness (QED) is 0.228. The van der Waals surface area contributed by atoms with Crippen LogP contribution in [0.25, 0.3) is 10.9 Å². The smallest absolute Gasteiger partial charge is 0.191 e. The Kier molecular flexibility index (Phi) is 8.80. The zero-order valence-electron chi connectivity index (χ0n) is 16.0. The molecule has 28 heavy (non-hydrogen) atoms. The number of hydrogen-bond acceptors (Lipinski definition) is 4. The summed E-state index contributed by atoms with van der Waals surface area (Å²) in [6.45, 7) is 1.82. The molecule has 0 aliphatic rings. The van der Waals surface area contributed by atoms with E-state index in [0.717, 1.165) is 33.9 Å². The highest BCUT2D eigenvalue weighted by Crippen LogP contribution is 2.17. The van der Waals surface area contributed by atoms with Gasteiger partial charge in [-0.05, 0) is 35.9 Å². The Morgan fingerprint density at radius 1 is 1.00 bits per heavy atom. The highest BCUT2D eigenvalue weighted by molar-refractivity contribution is 14.0. The Bertz CT molecular complexity index is 895. The number of para-hydroxylation sites is 1. The topological polar surface area (TPSA) is 67.8 Å². The van der Waals surface area contributed by atoms with Gasteiger partial charge >= 0.3 is 0 Å². The average Bonchev–Trinajstić information content (AvgIpc) is 2.73. The molecule has 0 saturated carbocycles. The van der Waals surface area contributed by atoms with Gasteiger partial charge in [-0.15, -0.1) is 24.0 Å². The molecule has 2 N–H and O–H groups in total. The summed E-state index contributed by atoms with van der Waals surface area (Å²) >= 11 is 0. The second-order valence-electron chi connectivity index (χ2n) is 5.87. The maximum atomic E-state index is 5.71. The zero-order valence-corrected chi connectivity index (χ0v) is 18.3. The van der Waals surface area contributed by atoms with Crippen LogP contribution in [-0.4, -0.2) is 38.3 Å². The van der Waals surface area contributed by atoms with E-state index in [1.54, 1.807) is 14.2 Å². The summed E-state index contributed by atoms with van der Waals surface area (Å²) in [6.07, 6.45) is 1.81. The van der Waals surface area contributed by atoms with Crippen LogP contribution in [0.3, 0.4) is 0 Å². The van der Waals surface area contributed by atoms with Gasteiger partial charge in [0.15, 0.2) is 5.96 Å². The van der Waals surface area contributed by atoms with Crippen molar-refractivity contribution in [3.63, 3.8) is 0 Å². The number of pyridine rings is 1. The van der Waals surface area contributed by atoms with Crippen molar-refractivity contribution < 1.29 is 9.47 Å². The van der Waals surface area contributed by atoms with Crippen LogP contribution in [0.1, 0.15) is 5.56 Å². The molecule has 3 rings (SSSR count). The van der Waals surface area contributed by atoms with E-state index >= 15 is 0 Å². The van der Waals surface area contributed by atoms with Crippen molar-refractivity contribution in [1.29, 1.82) is 0 Å². The van der Waals surface area contributed by atoms with E-state index in [-0.39, 0.29) is 24.0 Å². The Morgan fingerprint density at radius 3 is 2.50 bits per heavy atom. The van der Waals surface area contributed by atoms with E-state index in [0.29, 0.717) is 19.7 Å². The van der Waals surface area contributed by atoms with Crippen LogP contribution in [0.5, 0.6) is 11.5 Å². The van der Waals surface area contributed by atoms with Gasteiger partial charge in [-0.1, -0.05) is 24.3 Å². The van der Waals surface area contributed by atoms with Crippen LogP contribution in [0.15, 0.2) is 65.8 Å². The third-order valence-corrected chi connectivity index (χ3v) is 4.11. The first-order chi connectivity index (χ1) is 13.3. The van der Waals surface area contributed by atoms with Crippen LogP contribution in [0, 0.1) is 0 Å². The van der Waals surface area contributed by atoms with Crippen molar-refractivity contribution in [3.8, 4) is 11.5 Å². The van der Waals surface area contributed by atoms with E-state index in [1.165, 1.54) is 0 Å². The zero-order chi connectivity index (χ0) is 18.9. The Hall–Kier alpha value is -2.55. The minimum atomic E-state index is 0. The number of methoxy groups -OCH3 is 1. The molecule has 0 fully saturated rings. The number of rotatable bonds is 7. The highest BCUT2D eigenvalue weighted by atomic mass is 127. The number of nitrogens with zero attached hydrogens (tertiary/aromatic N) is 2. The molecular weight excluding hydrogens is 467 g/mol. The van der Waals surface area contributed by atoms with E-state index in [4.69, 9.17) is 9.47 Å². The van der Waals surface area contributed by atoms with Crippen LogP contribution >= 0.6 is 24.0 Å². The maximum Gasteiger partial charge on any atom is 0.191 e. The summed E-state index contributed by atoms with van der Waals surface area (Å²) in [7, 11) is 3.40. The summed E-state index contributed by atoms with van der Waals surface area (Å²) in [5.41, 5.74) is 2.14. The van der Waals surface area contributed by atoms with Gasteiger partial charge in [-0.3, -0.25) is 9.98 Å². The molecule has 0 bridgehead atoms. The molecule has 0 unspecified atom stereocenters. The van der Waals surface area contributed by atoms with Crippen LogP contribution in [0.2, 0.25) is 0 Å². The normalized spacial score (nSPS) is 10.9. The van der Waals surface area contributed by atoms with E-state index < -0.39 is 0 Å². The van der Waals surface area contributed by atoms with E-state index in [1.807, 2.05) is 42.6 Å². The Morgan fingerprint density at radius 2 is 1.75 bits per heavy atom. The summed E-state index contributed by atoms with van der Waals surface area (Å²) in [6, 6.07) is 17.7. The monoisotopic (exact) mass is 492 g/mol. The molecule has 0 saturated heterocycles. The van der Waals surface area contributed by atoms with Gasteiger partial charge in [-0.2, -0.15) is 0 Å².